The fourth-order valence-corrected chi connectivity index (χ4v) is 2.93. The van der Waals surface area contributed by atoms with Gasteiger partial charge in [-0.2, -0.15) is 0 Å². The lowest BCUT2D eigenvalue weighted by Gasteiger charge is -2.12. The van der Waals surface area contributed by atoms with Crippen LogP contribution >= 0.6 is 23.2 Å². The van der Waals surface area contributed by atoms with Crippen LogP contribution in [0.25, 0.3) is 5.69 Å². The average Bonchev–Trinajstić information content (AvgIpc) is 2.92. The number of pyridine rings is 1. The van der Waals surface area contributed by atoms with E-state index in [0.29, 0.717) is 17.9 Å². The molecule has 2 heterocycles. The molecule has 128 valence electrons. The van der Waals surface area contributed by atoms with E-state index in [1.54, 1.807) is 16.8 Å². The molecule has 1 aromatic carbocycles. The van der Waals surface area contributed by atoms with E-state index < -0.39 is 0 Å². The van der Waals surface area contributed by atoms with E-state index in [-0.39, 0.29) is 21.6 Å². The molecule has 2 aromatic heterocycles. The Bertz CT molecular complexity index is 978. The third-order valence-corrected chi connectivity index (χ3v) is 4.48. The number of carbonyl (C=O) groups is 1. The number of rotatable bonds is 4. The number of aromatic nitrogens is 2. The van der Waals surface area contributed by atoms with Crippen LogP contribution in [0, 0.1) is 0 Å². The van der Waals surface area contributed by atoms with Crippen LogP contribution in [0.4, 0.5) is 5.69 Å². The van der Waals surface area contributed by atoms with Crippen molar-refractivity contribution in [1.82, 2.24) is 9.13 Å². The fourth-order valence-electron chi connectivity index (χ4n) is 2.50. The lowest BCUT2D eigenvalue weighted by atomic mass is 10.3. The number of halogens is 2. The van der Waals surface area contributed by atoms with Crippen molar-refractivity contribution in [3.63, 3.8) is 0 Å². The van der Waals surface area contributed by atoms with E-state index in [4.69, 9.17) is 23.2 Å². The summed E-state index contributed by atoms with van der Waals surface area (Å²) >= 11 is 12.4. The zero-order valence-electron chi connectivity index (χ0n) is 13.4. The molecule has 0 aliphatic heterocycles. The highest BCUT2D eigenvalue weighted by Crippen LogP contribution is 2.30. The van der Waals surface area contributed by atoms with Crippen LogP contribution < -0.4 is 10.9 Å². The van der Waals surface area contributed by atoms with Gasteiger partial charge in [0, 0.05) is 24.5 Å². The molecule has 0 saturated carbocycles. The highest BCUT2D eigenvalue weighted by molar-refractivity contribution is 6.42. The SMILES string of the molecule is CCn1cc(NC(=O)c2cc(Cl)c(Cl)n2-c2ccccc2)ccc1=O. The standard InChI is InChI=1S/C18H15Cl2N3O2/c1-2-22-11-12(8-9-16(22)24)21-18(25)15-10-14(19)17(20)23(15)13-6-4-3-5-7-13/h3-11H,2H2,1H3,(H,21,25). The number of nitrogens with one attached hydrogen (secondary N) is 1. The van der Waals surface area contributed by atoms with Gasteiger partial charge in [-0.25, -0.2) is 0 Å². The van der Waals surface area contributed by atoms with Crippen molar-refractivity contribution in [3.8, 4) is 5.69 Å². The van der Waals surface area contributed by atoms with Gasteiger partial charge in [-0.3, -0.25) is 14.2 Å². The third kappa shape index (κ3) is 3.48. The van der Waals surface area contributed by atoms with Gasteiger partial charge in [0.15, 0.2) is 0 Å². The molecule has 0 saturated heterocycles. The van der Waals surface area contributed by atoms with Crippen LogP contribution in [0.15, 0.2) is 59.5 Å². The van der Waals surface area contributed by atoms with Gasteiger partial charge in [0.1, 0.15) is 10.8 Å². The first-order valence-electron chi connectivity index (χ1n) is 7.65. The van der Waals surface area contributed by atoms with Crippen LogP contribution in [0.3, 0.4) is 0 Å². The Labute approximate surface area is 154 Å². The molecular weight excluding hydrogens is 361 g/mol. The number of nitrogens with zero attached hydrogens (tertiary/aromatic N) is 2. The van der Waals surface area contributed by atoms with Gasteiger partial charge >= 0.3 is 0 Å². The molecule has 1 N–H and O–H groups in total. The third-order valence-electron chi connectivity index (χ3n) is 3.73. The van der Waals surface area contributed by atoms with Crippen molar-refractivity contribution in [2.24, 2.45) is 0 Å². The topological polar surface area (TPSA) is 56.0 Å². The summed E-state index contributed by atoms with van der Waals surface area (Å²) in [7, 11) is 0. The molecule has 0 spiro atoms. The Kier molecular flexibility index (Phi) is 4.97. The van der Waals surface area contributed by atoms with Crippen molar-refractivity contribution in [1.29, 1.82) is 0 Å². The fraction of sp³-hybridized carbons (Fsp3) is 0.111. The quantitative estimate of drug-likeness (QED) is 0.741. The molecule has 7 heteroatoms. The Balaban J connectivity index is 1.98. The number of hydrogen-bond acceptors (Lipinski definition) is 2. The zero-order chi connectivity index (χ0) is 18.0. The van der Waals surface area contributed by atoms with E-state index in [1.165, 1.54) is 16.7 Å². The predicted molar refractivity (Wildman–Crippen MR) is 100 cm³/mol. The Morgan fingerprint density at radius 1 is 1.12 bits per heavy atom. The molecule has 0 bridgehead atoms. The van der Waals surface area contributed by atoms with Gasteiger partial charge in [0.05, 0.1) is 10.7 Å². The number of aryl methyl sites for hydroxylation is 1. The Hall–Kier alpha value is -2.50. The summed E-state index contributed by atoms with van der Waals surface area (Å²) in [5, 5.41) is 3.32. The van der Waals surface area contributed by atoms with Crippen molar-refractivity contribution in [2.75, 3.05) is 5.32 Å². The van der Waals surface area contributed by atoms with Crippen LogP contribution in [-0.2, 0) is 6.54 Å². The van der Waals surface area contributed by atoms with Crippen LogP contribution in [0.2, 0.25) is 10.2 Å². The van der Waals surface area contributed by atoms with Crippen molar-refractivity contribution in [2.45, 2.75) is 13.5 Å². The number of anilines is 1. The van der Waals surface area contributed by atoms with E-state index in [2.05, 4.69) is 5.32 Å². The van der Waals surface area contributed by atoms with Gasteiger partial charge in [0.25, 0.3) is 11.5 Å². The average molecular weight is 376 g/mol. The lowest BCUT2D eigenvalue weighted by molar-refractivity contribution is 0.102. The second kappa shape index (κ2) is 7.17. The van der Waals surface area contributed by atoms with E-state index in [1.807, 2.05) is 37.3 Å². The maximum Gasteiger partial charge on any atom is 0.272 e. The van der Waals surface area contributed by atoms with Crippen molar-refractivity contribution >= 4 is 34.8 Å². The van der Waals surface area contributed by atoms with E-state index in [0.717, 1.165) is 5.69 Å². The molecule has 0 atom stereocenters. The molecule has 0 fully saturated rings. The minimum Gasteiger partial charge on any atom is -0.319 e. The number of hydrogen-bond donors (Lipinski definition) is 1. The van der Waals surface area contributed by atoms with E-state index >= 15 is 0 Å². The lowest BCUT2D eigenvalue weighted by Crippen LogP contribution is -2.21. The summed E-state index contributed by atoms with van der Waals surface area (Å²) in [6.45, 7) is 2.37. The Morgan fingerprint density at radius 2 is 1.84 bits per heavy atom. The summed E-state index contributed by atoms with van der Waals surface area (Å²) in [6.07, 6.45) is 1.60. The number of benzene rings is 1. The van der Waals surface area contributed by atoms with Crippen LogP contribution in [-0.4, -0.2) is 15.0 Å². The number of para-hydroxylation sites is 1. The second-order valence-electron chi connectivity index (χ2n) is 5.34. The van der Waals surface area contributed by atoms with Gasteiger partial charge in [-0.05, 0) is 31.2 Å². The van der Waals surface area contributed by atoms with Gasteiger partial charge in [0.2, 0.25) is 0 Å². The van der Waals surface area contributed by atoms with Gasteiger partial charge in [-0.15, -0.1) is 0 Å². The monoisotopic (exact) mass is 375 g/mol. The summed E-state index contributed by atoms with van der Waals surface area (Å²) in [5.74, 6) is -0.376. The molecule has 3 aromatic rings. The highest BCUT2D eigenvalue weighted by atomic mass is 35.5. The molecule has 0 radical (unpaired) electrons. The first kappa shape index (κ1) is 17.3. The first-order valence-corrected chi connectivity index (χ1v) is 8.41. The minimum atomic E-state index is -0.376. The maximum atomic E-state index is 12.7. The summed E-state index contributed by atoms with van der Waals surface area (Å²) in [6, 6.07) is 13.7. The molecule has 5 nitrogen and oxygen atoms in total. The predicted octanol–water partition coefficient (Wildman–Crippen LogP) is 4.22. The number of amides is 1. The summed E-state index contributed by atoms with van der Waals surface area (Å²) in [4.78, 5) is 24.4. The molecular formula is C18H15Cl2N3O2. The van der Waals surface area contributed by atoms with Gasteiger partial charge < -0.3 is 9.88 Å². The second-order valence-corrected chi connectivity index (χ2v) is 6.10. The summed E-state index contributed by atoms with van der Waals surface area (Å²) < 4.78 is 3.08. The molecule has 1 amide bonds. The molecule has 0 aliphatic carbocycles. The number of carbonyl (C=O) groups excluding carboxylic acids is 1. The Morgan fingerprint density at radius 3 is 2.52 bits per heavy atom. The maximum absolute atomic E-state index is 12.7. The first-order chi connectivity index (χ1) is 12.0. The van der Waals surface area contributed by atoms with Crippen LogP contribution in [0.5, 0.6) is 0 Å². The normalized spacial score (nSPS) is 10.7. The molecule has 0 unspecified atom stereocenters. The summed E-state index contributed by atoms with van der Waals surface area (Å²) in [5.41, 5.74) is 1.41. The zero-order valence-corrected chi connectivity index (χ0v) is 14.9. The van der Waals surface area contributed by atoms with Gasteiger partial charge in [-0.1, -0.05) is 41.4 Å². The van der Waals surface area contributed by atoms with Crippen molar-refractivity contribution in [3.05, 3.63) is 81.0 Å². The largest absolute Gasteiger partial charge is 0.319 e. The minimum absolute atomic E-state index is 0.126. The molecule has 3 rings (SSSR count). The van der Waals surface area contributed by atoms with E-state index in [9.17, 15) is 9.59 Å². The van der Waals surface area contributed by atoms with Crippen molar-refractivity contribution < 1.29 is 4.79 Å². The molecule has 0 aliphatic rings. The highest BCUT2D eigenvalue weighted by Gasteiger charge is 2.19. The smallest absolute Gasteiger partial charge is 0.272 e. The molecule has 25 heavy (non-hydrogen) atoms. The van der Waals surface area contributed by atoms with Crippen LogP contribution in [0.1, 0.15) is 17.4 Å².